The number of Topliss-reactive ketones (excluding diaryl/α,β-unsaturated/α-hetero) is 3. The second-order valence-electron chi connectivity index (χ2n) is 30.8. The Balaban J connectivity index is 0.000000236. The number of nitrogens with zero attached hydrogens (tertiary/aromatic N) is 3. The third-order valence-electron chi connectivity index (χ3n) is 21.3. The number of ketones is 3. The third-order valence-corrected chi connectivity index (χ3v) is 23.6. The number of hydrogen-bond donors (Lipinski definition) is 6. The number of carbonyl (C=O) groups is 6. The summed E-state index contributed by atoms with van der Waals surface area (Å²) in [5.41, 5.74) is -0.248. The number of carbonyl (C=O) groups excluding carboxylic acids is 6. The largest absolute Gasteiger partial charge is 0.458 e. The van der Waals surface area contributed by atoms with Crippen LogP contribution in [-0.4, -0.2) is 160 Å². The number of aryl methyl sites for hydroxylation is 3. The Morgan fingerprint density at radius 3 is 1.22 bits per heavy atom. The smallest absolute Gasteiger partial charge is 0.309 e. The third kappa shape index (κ3) is 24.3. The molecule has 3 unspecified atom stereocenters. The number of ether oxygens (including phenoxy) is 5. The molecule has 4 saturated heterocycles. The lowest BCUT2D eigenvalue weighted by Gasteiger charge is -2.34. The maximum absolute atomic E-state index is 13.2. The molecule has 5 aliphatic heterocycles. The summed E-state index contributed by atoms with van der Waals surface area (Å²) in [6.45, 7) is 30.6. The van der Waals surface area contributed by atoms with Crippen molar-refractivity contribution in [3.63, 3.8) is 0 Å². The van der Waals surface area contributed by atoms with Gasteiger partial charge in [-0.15, -0.1) is 34.0 Å². The van der Waals surface area contributed by atoms with E-state index in [9.17, 15) is 59.4 Å². The summed E-state index contributed by atoms with van der Waals surface area (Å²) in [6.07, 6.45) is 13.8. The maximum Gasteiger partial charge on any atom is 0.309 e. The molecule has 0 amide bonds. The second-order valence-corrected chi connectivity index (χ2v) is 34.0. The maximum atomic E-state index is 13.2. The van der Waals surface area contributed by atoms with E-state index >= 15 is 0 Å². The molecule has 3 aromatic heterocycles. The van der Waals surface area contributed by atoms with Crippen molar-refractivity contribution in [3.8, 4) is 0 Å². The Morgan fingerprint density at radius 2 is 0.830 bits per heavy atom. The van der Waals surface area contributed by atoms with Crippen molar-refractivity contribution in [2.45, 2.75) is 293 Å². The zero-order valence-corrected chi connectivity index (χ0v) is 64.5. The summed E-state index contributed by atoms with van der Waals surface area (Å²) in [5, 5.41) is 73.3. The molecule has 4 fully saturated rings. The highest BCUT2D eigenvalue weighted by atomic mass is 32.1. The second kappa shape index (κ2) is 37.1. The number of aromatic nitrogens is 3. The fraction of sp³-hybridized carbons (Fsp3) is 0.701. The molecular weight excluding hydrogens is 1340 g/mol. The van der Waals surface area contributed by atoms with Crippen LogP contribution >= 0.6 is 34.0 Å². The van der Waals surface area contributed by atoms with Crippen LogP contribution in [0.5, 0.6) is 0 Å². The van der Waals surface area contributed by atoms with Crippen LogP contribution in [0.4, 0.5) is 0 Å². The number of epoxide rings is 2. The van der Waals surface area contributed by atoms with Gasteiger partial charge in [-0.3, -0.25) is 28.8 Å². The predicted molar refractivity (Wildman–Crippen MR) is 390 cm³/mol. The first-order chi connectivity index (χ1) is 46.7. The van der Waals surface area contributed by atoms with Gasteiger partial charge in [0.1, 0.15) is 35.7 Å². The number of aliphatic hydroxyl groups excluding tert-OH is 6. The van der Waals surface area contributed by atoms with Crippen LogP contribution in [0.25, 0.3) is 18.2 Å². The van der Waals surface area contributed by atoms with Gasteiger partial charge in [0.05, 0.1) is 128 Å². The summed E-state index contributed by atoms with van der Waals surface area (Å²) >= 11 is 4.65. The number of aliphatic hydroxyl groups is 6. The molecule has 100 heavy (non-hydrogen) atoms. The number of rotatable bonds is 6. The van der Waals surface area contributed by atoms with Gasteiger partial charge in [-0.25, -0.2) is 15.0 Å². The molecule has 8 rings (SSSR count). The van der Waals surface area contributed by atoms with E-state index in [-0.39, 0.29) is 78.3 Å². The molecule has 5 aliphatic rings. The van der Waals surface area contributed by atoms with Gasteiger partial charge in [-0.2, -0.15) is 0 Å². The Hall–Kier alpha value is -5.05. The minimum atomic E-state index is -1.22. The SMILES string of the molecule is C/C1=C/CC(/C=C/c2csc(C)n2)OC(=O)C[C@H](O)C(C)(C)C(=O)[C@H](C)[C@@H](O)[C@@H](C)CCC1.Cc1nc(/C=C/C2C[C@@H]3O[C@@H]3CCC[C@H](C)[C@H](O)[C@@H](C)C(=O)C(C)(C)[C@@H](O)CC(=O)O2)cs1.Cc1nc(/C=C/C2C[C@@H]3O[C@]3(C)CCC[C@H](C)[C@H](O)[C@@H](C)C(=O)C(C)(C)[C@@H](O)CC(=O)O2)cs1. The number of thiazole rings is 3. The molecule has 3 aromatic rings. The van der Waals surface area contributed by atoms with Crippen molar-refractivity contribution >= 4 is 87.5 Å². The van der Waals surface area contributed by atoms with E-state index in [1.165, 1.54) is 5.57 Å². The van der Waals surface area contributed by atoms with Crippen molar-refractivity contribution in [2.24, 2.45) is 51.8 Å². The molecule has 0 aliphatic carbocycles. The molecule has 19 atom stereocenters. The lowest BCUT2D eigenvalue weighted by Crippen LogP contribution is -2.45. The summed E-state index contributed by atoms with van der Waals surface area (Å²) in [6, 6.07) is 0. The minimum Gasteiger partial charge on any atom is -0.458 e. The molecule has 23 heteroatoms. The van der Waals surface area contributed by atoms with Gasteiger partial charge in [0, 0.05) is 53.2 Å². The van der Waals surface area contributed by atoms with Gasteiger partial charge in [0.15, 0.2) is 0 Å². The Kier molecular flexibility index (Phi) is 31.1. The number of allylic oxidation sites excluding steroid dienone is 1. The molecule has 0 aromatic carbocycles. The quantitative estimate of drug-likeness (QED) is 0.0578. The van der Waals surface area contributed by atoms with Crippen LogP contribution in [0.2, 0.25) is 0 Å². The zero-order valence-electron chi connectivity index (χ0n) is 62.0. The zero-order chi connectivity index (χ0) is 74.4. The first kappa shape index (κ1) is 83.9. The molecule has 0 spiro atoms. The number of fused-ring (bicyclic) bond motifs is 2. The highest BCUT2D eigenvalue weighted by Crippen LogP contribution is 2.45. The molecule has 6 N–H and O–H groups in total. The number of esters is 3. The van der Waals surface area contributed by atoms with Crippen LogP contribution in [0.3, 0.4) is 0 Å². The standard InChI is InChI=1S/C26H39NO6S.C26H39NO5S.C25H37NO6S/c1-15-8-7-11-26(6)21(33-26)12-19(10-9-18-14-34-17(3)27-18)32-22(29)13-20(28)25(4,5)24(31)16(2)23(15)30;1-16-8-7-9-17(2)24(30)18(3)25(31)26(5,6)22(28)14-23(29)32-21(12-10-16)13-11-20-15-33-19(4)27-20;1-14-7-6-8-19-20(32-19)11-18(10-9-17-13-33-16(3)26-17)31-22(28)12-21(27)25(4,5)24(30)15(2)23(14)29/h9-10,14-16,19-21,23,28,30H,7-8,11-13H2,1-6H3;10-11,13,15,17-18,21-22,24,28,30H,7-9,12,14H2,1-6H3;9-10,13-15,18-21,23,27,29H,6-8,11-12H2,1-5H3/b10-9+;13-11+,16-10-;10-9+/t15-,16+,19?,20-,21-,23-,26+;17-,18+,21?,22-,24-;14-,15+,18?,19+,20-,21-,23-/m000/s1. The van der Waals surface area contributed by atoms with Crippen LogP contribution in [0, 0.1) is 72.5 Å². The van der Waals surface area contributed by atoms with E-state index in [0.29, 0.717) is 19.3 Å². The molecule has 20 nitrogen and oxygen atoms in total. The van der Waals surface area contributed by atoms with Gasteiger partial charge >= 0.3 is 17.9 Å². The minimum absolute atomic E-state index is 0.0135. The fourth-order valence-corrected chi connectivity index (χ4v) is 15.3. The topological polar surface area (TPSA) is 315 Å². The average Bonchev–Trinajstić information content (AvgIpc) is 1.62. The predicted octanol–water partition coefficient (Wildman–Crippen LogP) is 12.7. The summed E-state index contributed by atoms with van der Waals surface area (Å²) < 4.78 is 28.9. The van der Waals surface area contributed by atoms with E-state index in [1.54, 1.807) is 96.3 Å². The van der Waals surface area contributed by atoms with Crippen LogP contribution in [0.1, 0.15) is 225 Å². The van der Waals surface area contributed by atoms with E-state index in [1.807, 2.05) is 94.1 Å². The first-order valence-electron chi connectivity index (χ1n) is 35.8. The molecule has 558 valence electrons. The van der Waals surface area contributed by atoms with Crippen LogP contribution in [-0.2, 0) is 52.5 Å². The van der Waals surface area contributed by atoms with E-state index in [2.05, 4.69) is 34.9 Å². The first-order valence-corrected chi connectivity index (χ1v) is 38.5. The average molecular weight is 1450 g/mol. The van der Waals surface area contributed by atoms with Gasteiger partial charge < -0.3 is 54.3 Å². The Labute approximate surface area is 604 Å². The van der Waals surface area contributed by atoms with Gasteiger partial charge in [-0.1, -0.05) is 108 Å². The van der Waals surface area contributed by atoms with Crippen molar-refractivity contribution in [3.05, 3.63) is 78.1 Å². The van der Waals surface area contributed by atoms with Crippen LogP contribution in [0.15, 0.2) is 46.0 Å². The van der Waals surface area contributed by atoms with Crippen LogP contribution < -0.4 is 0 Å². The molecule has 0 radical (unpaired) electrons. The molecule has 8 heterocycles. The normalized spacial score (nSPS) is 35.6. The van der Waals surface area contributed by atoms with E-state index < -0.39 is 107 Å². The van der Waals surface area contributed by atoms with E-state index in [0.717, 1.165) is 89.9 Å². The van der Waals surface area contributed by atoms with Gasteiger partial charge in [0.25, 0.3) is 0 Å². The van der Waals surface area contributed by atoms with E-state index in [4.69, 9.17) is 23.7 Å². The molecular formula is C77H115N3O17S3. The number of cyclic esters (lactones) is 3. The number of hydrogen-bond acceptors (Lipinski definition) is 23. The Bertz CT molecular complexity index is 3330. The summed E-state index contributed by atoms with van der Waals surface area (Å²) in [4.78, 5) is 90.8. The van der Waals surface area contributed by atoms with Crippen molar-refractivity contribution in [2.75, 3.05) is 0 Å². The summed E-state index contributed by atoms with van der Waals surface area (Å²) in [7, 11) is 0. The van der Waals surface area contributed by atoms with Crippen molar-refractivity contribution < 1.29 is 83.1 Å². The fourth-order valence-electron chi connectivity index (χ4n) is 13.5. The lowest BCUT2D eigenvalue weighted by molar-refractivity contribution is -0.155. The molecule has 0 saturated carbocycles. The highest BCUT2D eigenvalue weighted by molar-refractivity contribution is 7.10. The Morgan fingerprint density at radius 1 is 0.470 bits per heavy atom. The van der Waals surface area contributed by atoms with Crippen molar-refractivity contribution in [1.29, 1.82) is 0 Å². The monoisotopic (exact) mass is 1450 g/mol. The highest BCUT2D eigenvalue weighted by Gasteiger charge is 2.53. The van der Waals surface area contributed by atoms with Crippen molar-refractivity contribution in [1.82, 2.24) is 15.0 Å². The van der Waals surface area contributed by atoms with Gasteiger partial charge in [0.2, 0.25) is 0 Å². The lowest BCUT2D eigenvalue weighted by atomic mass is 9.73. The van der Waals surface area contributed by atoms with Gasteiger partial charge in [-0.05, 0) is 134 Å². The summed E-state index contributed by atoms with van der Waals surface area (Å²) in [5.74, 6) is -4.56. The molecule has 0 bridgehead atoms.